The summed E-state index contributed by atoms with van der Waals surface area (Å²) in [4.78, 5) is 0. The summed E-state index contributed by atoms with van der Waals surface area (Å²) in [6, 6.07) is 0. The molecular formula is C4H10O3S. The van der Waals surface area contributed by atoms with Gasteiger partial charge in [0.05, 0.1) is 5.75 Å². The molecular weight excluding hydrogens is 128 g/mol. The second-order valence-corrected chi connectivity index (χ2v) is 3.21. The fourth-order valence-electron chi connectivity index (χ4n) is 0.327. The Morgan fingerprint density at radius 3 is 2.12 bits per heavy atom. The molecule has 0 amide bonds. The second kappa shape index (κ2) is 3.04. The highest BCUT2D eigenvalue weighted by Gasteiger charge is 2.00. The van der Waals surface area contributed by atoms with Crippen molar-refractivity contribution in [2.45, 2.75) is 19.8 Å². The van der Waals surface area contributed by atoms with Gasteiger partial charge in [0, 0.05) is 0 Å². The second-order valence-electron chi connectivity index (χ2n) is 1.64. The standard InChI is InChI=1S/C4H10O3S/c1-2-3-4-8(5,6)7/h2-4H2,1H3,(H,5,6,7). The van der Waals surface area contributed by atoms with Crippen LogP contribution < -0.4 is 0 Å². The average Bonchev–Trinajstić information content (AvgIpc) is 1.59. The van der Waals surface area contributed by atoms with Crippen LogP contribution in [-0.2, 0) is 10.1 Å². The van der Waals surface area contributed by atoms with Crippen molar-refractivity contribution in [3.63, 3.8) is 0 Å². The molecule has 0 saturated carbocycles. The zero-order valence-electron chi connectivity index (χ0n) is 4.79. The van der Waals surface area contributed by atoms with Crippen molar-refractivity contribution in [2.24, 2.45) is 0 Å². The molecule has 0 aliphatic rings. The summed E-state index contributed by atoms with van der Waals surface area (Å²) in [7, 11) is -3.69. The fraction of sp³-hybridized carbons (Fsp3) is 1.00. The van der Waals surface area contributed by atoms with E-state index in [1.165, 1.54) is 0 Å². The van der Waals surface area contributed by atoms with Gasteiger partial charge in [0.1, 0.15) is 0 Å². The molecule has 3 nitrogen and oxygen atoms in total. The number of unbranched alkanes of at least 4 members (excludes halogenated alkanes) is 1. The van der Waals surface area contributed by atoms with E-state index < -0.39 is 10.1 Å². The largest absolute Gasteiger partial charge is 0.286 e. The van der Waals surface area contributed by atoms with Crippen LogP contribution in [0.15, 0.2) is 0 Å². The predicted molar refractivity (Wildman–Crippen MR) is 31.3 cm³/mol. The fourth-order valence-corrected chi connectivity index (χ4v) is 0.980. The summed E-state index contributed by atoms with van der Waals surface area (Å²) >= 11 is 0. The normalized spacial score (nSPS) is 11.8. The Hall–Kier alpha value is -0.0900. The molecule has 0 aromatic heterocycles. The molecule has 0 aromatic rings. The summed E-state index contributed by atoms with van der Waals surface area (Å²) < 4.78 is 28.0. The van der Waals surface area contributed by atoms with Gasteiger partial charge in [0.15, 0.2) is 0 Å². The highest BCUT2D eigenvalue weighted by atomic mass is 32.2. The van der Waals surface area contributed by atoms with Crippen LogP contribution in [0.1, 0.15) is 19.8 Å². The first-order valence-electron chi connectivity index (χ1n) is 2.51. The summed E-state index contributed by atoms with van der Waals surface area (Å²) in [5.41, 5.74) is 0. The summed E-state index contributed by atoms with van der Waals surface area (Å²) in [6.45, 7) is 1.87. The number of hydrogen-bond donors (Lipinski definition) is 1. The van der Waals surface area contributed by atoms with E-state index in [4.69, 9.17) is 4.55 Å². The molecule has 1 N–H and O–H groups in total. The maximum absolute atomic E-state index is 9.95. The Morgan fingerprint density at radius 1 is 1.50 bits per heavy atom. The SMILES string of the molecule is CCCCS(=O)(=O)O. The highest BCUT2D eigenvalue weighted by Crippen LogP contribution is 1.90. The van der Waals surface area contributed by atoms with Gasteiger partial charge in [-0.3, -0.25) is 4.55 Å². The Balaban J connectivity index is 3.42. The molecule has 4 heteroatoms. The van der Waals surface area contributed by atoms with E-state index >= 15 is 0 Å². The lowest BCUT2D eigenvalue weighted by molar-refractivity contribution is 0.480. The van der Waals surface area contributed by atoms with E-state index in [2.05, 4.69) is 0 Å². The first-order valence-corrected chi connectivity index (χ1v) is 4.12. The van der Waals surface area contributed by atoms with Gasteiger partial charge in [-0.2, -0.15) is 8.42 Å². The van der Waals surface area contributed by atoms with Crippen molar-refractivity contribution in [3.8, 4) is 0 Å². The Bertz CT molecular complexity index is 135. The van der Waals surface area contributed by atoms with Crippen molar-refractivity contribution in [1.29, 1.82) is 0 Å². The smallest absolute Gasteiger partial charge is 0.264 e. The topological polar surface area (TPSA) is 54.4 Å². The van der Waals surface area contributed by atoms with E-state index in [-0.39, 0.29) is 5.75 Å². The van der Waals surface area contributed by atoms with Crippen LogP contribution in [-0.4, -0.2) is 18.7 Å². The molecule has 0 spiro atoms. The predicted octanol–water partition coefficient (Wildman–Crippen LogP) is 0.674. The van der Waals surface area contributed by atoms with Crippen molar-refractivity contribution in [3.05, 3.63) is 0 Å². The lowest BCUT2D eigenvalue weighted by atomic mass is 10.4. The minimum Gasteiger partial charge on any atom is -0.286 e. The van der Waals surface area contributed by atoms with Gasteiger partial charge in [0.25, 0.3) is 10.1 Å². The van der Waals surface area contributed by atoms with Crippen LogP contribution in [0.2, 0.25) is 0 Å². The minimum atomic E-state index is -3.69. The molecule has 0 aromatic carbocycles. The lowest BCUT2D eigenvalue weighted by Gasteiger charge is -1.90. The monoisotopic (exact) mass is 138 g/mol. The molecule has 0 unspecified atom stereocenters. The summed E-state index contributed by atoms with van der Waals surface area (Å²) in [6.07, 6.45) is 1.33. The third-order valence-electron chi connectivity index (χ3n) is 0.756. The third-order valence-corrected chi connectivity index (χ3v) is 1.56. The average molecular weight is 138 g/mol. The molecule has 50 valence electrons. The molecule has 0 saturated heterocycles. The van der Waals surface area contributed by atoms with E-state index in [1.807, 2.05) is 6.92 Å². The summed E-state index contributed by atoms with van der Waals surface area (Å²) in [5.74, 6) is -0.108. The van der Waals surface area contributed by atoms with Gasteiger partial charge in [-0.25, -0.2) is 0 Å². The van der Waals surface area contributed by atoms with E-state index in [9.17, 15) is 8.42 Å². The zero-order chi connectivity index (χ0) is 6.62. The van der Waals surface area contributed by atoms with E-state index in [1.54, 1.807) is 0 Å². The van der Waals surface area contributed by atoms with Crippen LogP contribution in [0.3, 0.4) is 0 Å². The van der Waals surface area contributed by atoms with Crippen LogP contribution in [0.25, 0.3) is 0 Å². The van der Waals surface area contributed by atoms with Crippen LogP contribution >= 0.6 is 0 Å². The first-order chi connectivity index (χ1) is 3.56. The van der Waals surface area contributed by atoms with Gasteiger partial charge in [-0.1, -0.05) is 13.3 Å². The molecule has 0 bridgehead atoms. The number of hydrogen-bond acceptors (Lipinski definition) is 2. The van der Waals surface area contributed by atoms with Gasteiger partial charge in [0.2, 0.25) is 0 Å². The van der Waals surface area contributed by atoms with Gasteiger partial charge in [-0.05, 0) is 6.42 Å². The van der Waals surface area contributed by atoms with Crippen molar-refractivity contribution in [1.82, 2.24) is 0 Å². The van der Waals surface area contributed by atoms with Gasteiger partial charge < -0.3 is 0 Å². The molecule has 0 atom stereocenters. The maximum Gasteiger partial charge on any atom is 0.264 e. The van der Waals surface area contributed by atoms with Crippen molar-refractivity contribution >= 4 is 10.1 Å². The molecule has 0 fully saturated rings. The lowest BCUT2D eigenvalue weighted by Crippen LogP contribution is -2.02. The molecule has 0 aliphatic heterocycles. The van der Waals surface area contributed by atoms with Crippen LogP contribution in [0, 0.1) is 0 Å². The molecule has 8 heavy (non-hydrogen) atoms. The Kier molecular flexibility index (Phi) is 3.01. The molecule has 0 aliphatic carbocycles. The molecule has 0 heterocycles. The molecule has 0 rings (SSSR count). The van der Waals surface area contributed by atoms with Gasteiger partial charge in [-0.15, -0.1) is 0 Å². The Morgan fingerprint density at radius 2 is 2.00 bits per heavy atom. The molecule has 0 radical (unpaired) electrons. The van der Waals surface area contributed by atoms with Crippen LogP contribution in [0.5, 0.6) is 0 Å². The first kappa shape index (κ1) is 7.91. The number of rotatable bonds is 3. The van der Waals surface area contributed by atoms with E-state index in [0.717, 1.165) is 6.42 Å². The Labute approximate surface area is 49.5 Å². The summed E-state index contributed by atoms with van der Waals surface area (Å²) in [5, 5.41) is 0. The highest BCUT2D eigenvalue weighted by molar-refractivity contribution is 7.85. The van der Waals surface area contributed by atoms with Crippen LogP contribution in [0.4, 0.5) is 0 Å². The van der Waals surface area contributed by atoms with Crippen molar-refractivity contribution < 1.29 is 13.0 Å². The van der Waals surface area contributed by atoms with Crippen molar-refractivity contribution in [2.75, 3.05) is 5.75 Å². The zero-order valence-corrected chi connectivity index (χ0v) is 5.61. The quantitative estimate of drug-likeness (QED) is 0.583. The third kappa shape index (κ3) is 5.91. The van der Waals surface area contributed by atoms with Gasteiger partial charge >= 0.3 is 0 Å². The maximum atomic E-state index is 9.95. The minimum absolute atomic E-state index is 0.108. The van der Waals surface area contributed by atoms with E-state index in [0.29, 0.717) is 6.42 Å².